The van der Waals surface area contributed by atoms with Gasteiger partial charge in [-0.05, 0) is 24.8 Å². The van der Waals surface area contributed by atoms with Gasteiger partial charge in [-0.25, -0.2) is 0 Å². The van der Waals surface area contributed by atoms with Gasteiger partial charge >= 0.3 is 0 Å². The maximum atomic E-state index is 13.6. The zero-order chi connectivity index (χ0) is 20.2. The number of ether oxygens (including phenoxy) is 1. The van der Waals surface area contributed by atoms with Gasteiger partial charge in [0.05, 0.1) is 12.6 Å². The van der Waals surface area contributed by atoms with Crippen LogP contribution in [0.1, 0.15) is 50.6 Å². The van der Waals surface area contributed by atoms with Crippen molar-refractivity contribution in [1.82, 2.24) is 14.7 Å². The monoisotopic (exact) mass is 399 g/mol. The summed E-state index contributed by atoms with van der Waals surface area (Å²) in [6, 6.07) is 10.9. The van der Waals surface area contributed by atoms with Crippen molar-refractivity contribution in [2.45, 2.75) is 57.2 Å². The molecule has 2 amide bonds. The third-order valence-electron chi connectivity index (χ3n) is 6.72. The summed E-state index contributed by atoms with van der Waals surface area (Å²) in [6.45, 7) is 5.69. The fraction of sp³-hybridized carbons (Fsp3) is 0.652. The predicted molar refractivity (Wildman–Crippen MR) is 111 cm³/mol. The molecule has 0 spiro atoms. The Morgan fingerprint density at radius 3 is 2.31 bits per heavy atom. The van der Waals surface area contributed by atoms with Crippen LogP contribution in [0.5, 0.6) is 0 Å². The summed E-state index contributed by atoms with van der Waals surface area (Å²) in [4.78, 5) is 31.6. The molecule has 6 nitrogen and oxygen atoms in total. The molecule has 2 heterocycles. The van der Waals surface area contributed by atoms with Crippen LogP contribution >= 0.6 is 0 Å². The van der Waals surface area contributed by atoms with Crippen LogP contribution in [0.2, 0.25) is 0 Å². The maximum absolute atomic E-state index is 13.6. The van der Waals surface area contributed by atoms with Crippen LogP contribution in [0, 0.1) is 0 Å². The molecule has 0 bridgehead atoms. The number of benzene rings is 1. The third kappa shape index (κ3) is 4.48. The van der Waals surface area contributed by atoms with Gasteiger partial charge in [0.15, 0.2) is 6.10 Å². The molecule has 3 aliphatic rings. The first-order valence-corrected chi connectivity index (χ1v) is 11.1. The van der Waals surface area contributed by atoms with E-state index in [4.69, 9.17) is 4.74 Å². The Kier molecular flexibility index (Phi) is 6.50. The minimum absolute atomic E-state index is 0.0345. The van der Waals surface area contributed by atoms with Gasteiger partial charge in [0.25, 0.3) is 5.91 Å². The van der Waals surface area contributed by atoms with E-state index in [2.05, 4.69) is 29.2 Å². The van der Waals surface area contributed by atoms with E-state index in [0.717, 1.165) is 25.1 Å². The molecule has 2 saturated heterocycles. The molecule has 0 radical (unpaired) electrons. The second-order valence-electron chi connectivity index (χ2n) is 8.51. The second-order valence-corrected chi connectivity index (χ2v) is 8.51. The van der Waals surface area contributed by atoms with Crippen LogP contribution < -0.4 is 0 Å². The Bertz CT molecular complexity index is 705. The molecular weight excluding hydrogens is 366 g/mol. The average Bonchev–Trinajstić information content (AvgIpc) is 3.17. The summed E-state index contributed by atoms with van der Waals surface area (Å²) in [7, 11) is 0. The van der Waals surface area contributed by atoms with Crippen LogP contribution in [0.25, 0.3) is 0 Å². The normalized spacial score (nSPS) is 27.1. The van der Waals surface area contributed by atoms with E-state index in [0.29, 0.717) is 32.3 Å². The van der Waals surface area contributed by atoms with Crippen molar-refractivity contribution in [3.63, 3.8) is 0 Å². The standard InChI is InChI=1S/C23H33N3O3/c1-18(27)24-12-7-13-25(15-14-24)23(28)22-21(19-8-3-2-4-9-19)26(16-17-29-22)20-10-5-6-11-20/h2-4,8-9,20-22H,5-7,10-17H2,1H3/t21-,22+/m0/s1. The number of hydrogen-bond donors (Lipinski definition) is 0. The van der Waals surface area contributed by atoms with E-state index in [1.165, 1.54) is 25.7 Å². The summed E-state index contributed by atoms with van der Waals surface area (Å²) in [5, 5.41) is 0. The fourth-order valence-electron chi connectivity index (χ4n) is 5.19. The SMILES string of the molecule is CC(=O)N1CCCN(C(=O)[C@@H]2OCCN(C3CCCC3)[C@H]2c2ccccc2)CC1. The van der Waals surface area contributed by atoms with Crippen LogP contribution in [0.15, 0.2) is 30.3 Å². The lowest BCUT2D eigenvalue weighted by molar-refractivity contribution is -0.159. The summed E-state index contributed by atoms with van der Waals surface area (Å²) >= 11 is 0. The smallest absolute Gasteiger partial charge is 0.253 e. The van der Waals surface area contributed by atoms with Crippen LogP contribution in [0.3, 0.4) is 0 Å². The summed E-state index contributed by atoms with van der Waals surface area (Å²) < 4.78 is 6.15. The molecule has 0 aromatic heterocycles. The average molecular weight is 400 g/mol. The summed E-state index contributed by atoms with van der Waals surface area (Å²) in [6.07, 6.45) is 5.31. The third-order valence-corrected chi connectivity index (χ3v) is 6.72. The molecule has 2 aliphatic heterocycles. The number of carbonyl (C=O) groups is 2. The van der Waals surface area contributed by atoms with Crippen molar-refractivity contribution in [3.8, 4) is 0 Å². The van der Waals surface area contributed by atoms with E-state index in [1.54, 1.807) is 6.92 Å². The van der Waals surface area contributed by atoms with Gasteiger partial charge in [-0.3, -0.25) is 14.5 Å². The predicted octanol–water partition coefficient (Wildman–Crippen LogP) is 2.45. The maximum Gasteiger partial charge on any atom is 0.253 e. The topological polar surface area (TPSA) is 53.1 Å². The summed E-state index contributed by atoms with van der Waals surface area (Å²) in [5.74, 6) is 0.162. The quantitative estimate of drug-likeness (QED) is 0.784. The molecule has 6 heteroatoms. The first-order chi connectivity index (χ1) is 14.1. The lowest BCUT2D eigenvalue weighted by atomic mass is 9.94. The second kappa shape index (κ2) is 9.26. The largest absolute Gasteiger partial charge is 0.365 e. The molecule has 158 valence electrons. The van der Waals surface area contributed by atoms with Crippen LogP contribution in [-0.4, -0.2) is 78.0 Å². The Morgan fingerprint density at radius 1 is 0.897 bits per heavy atom. The highest BCUT2D eigenvalue weighted by atomic mass is 16.5. The van der Waals surface area contributed by atoms with E-state index in [-0.39, 0.29) is 17.9 Å². The Hall–Kier alpha value is -1.92. The van der Waals surface area contributed by atoms with E-state index >= 15 is 0 Å². The highest BCUT2D eigenvalue weighted by Gasteiger charge is 2.43. The number of rotatable bonds is 3. The van der Waals surface area contributed by atoms with Crippen molar-refractivity contribution in [2.24, 2.45) is 0 Å². The molecule has 1 aliphatic carbocycles. The Labute approximate surface area is 173 Å². The molecule has 4 rings (SSSR count). The van der Waals surface area contributed by atoms with Crippen molar-refractivity contribution in [2.75, 3.05) is 39.3 Å². The number of morpholine rings is 1. The Morgan fingerprint density at radius 2 is 1.59 bits per heavy atom. The molecule has 29 heavy (non-hydrogen) atoms. The van der Waals surface area contributed by atoms with Gasteiger partial charge < -0.3 is 14.5 Å². The lowest BCUT2D eigenvalue weighted by Gasteiger charge is -2.45. The van der Waals surface area contributed by atoms with Crippen molar-refractivity contribution < 1.29 is 14.3 Å². The summed E-state index contributed by atoms with van der Waals surface area (Å²) in [5.41, 5.74) is 1.16. The molecule has 1 saturated carbocycles. The minimum atomic E-state index is -0.476. The van der Waals surface area contributed by atoms with E-state index in [9.17, 15) is 9.59 Å². The van der Waals surface area contributed by atoms with Crippen molar-refractivity contribution in [1.29, 1.82) is 0 Å². The van der Waals surface area contributed by atoms with E-state index < -0.39 is 6.10 Å². The van der Waals surface area contributed by atoms with Crippen molar-refractivity contribution >= 4 is 11.8 Å². The molecule has 2 atom stereocenters. The van der Waals surface area contributed by atoms with Crippen molar-refractivity contribution in [3.05, 3.63) is 35.9 Å². The first kappa shape index (κ1) is 20.4. The number of amides is 2. The minimum Gasteiger partial charge on any atom is -0.365 e. The van der Waals surface area contributed by atoms with Crippen LogP contribution in [0.4, 0.5) is 0 Å². The lowest BCUT2D eigenvalue weighted by Crippen LogP contribution is -2.55. The van der Waals surface area contributed by atoms with Gasteiger partial charge in [-0.2, -0.15) is 0 Å². The first-order valence-electron chi connectivity index (χ1n) is 11.1. The molecule has 0 unspecified atom stereocenters. The zero-order valence-corrected chi connectivity index (χ0v) is 17.5. The molecule has 3 fully saturated rings. The molecule has 1 aromatic rings. The number of carbonyl (C=O) groups excluding carboxylic acids is 2. The molecule has 1 aromatic carbocycles. The highest BCUT2D eigenvalue weighted by molar-refractivity contribution is 5.82. The zero-order valence-electron chi connectivity index (χ0n) is 17.5. The van der Waals surface area contributed by atoms with Gasteiger partial charge in [-0.15, -0.1) is 0 Å². The number of nitrogens with zero attached hydrogens (tertiary/aromatic N) is 3. The Balaban J connectivity index is 1.56. The van der Waals surface area contributed by atoms with Gasteiger partial charge in [0.1, 0.15) is 0 Å². The molecular formula is C23H33N3O3. The van der Waals surface area contributed by atoms with Gasteiger partial charge in [0.2, 0.25) is 5.91 Å². The van der Waals surface area contributed by atoms with Gasteiger partial charge in [0, 0.05) is 45.7 Å². The highest BCUT2D eigenvalue weighted by Crippen LogP contribution is 2.37. The number of hydrogen-bond acceptors (Lipinski definition) is 4. The van der Waals surface area contributed by atoms with E-state index in [1.807, 2.05) is 15.9 Å². The van der Waals surface area contributed by atoms with Gasteiger partial charge in [-0.1, -0.05) is 43.2 Å². The fourth-order valence-corrected chi connectivity index (χ4v) is 5.19. The molecule has 0 N–H and O–H groups in total. The van der Waals surface area contributed by atoms with Crippen LogP contribution in [-0.2, 0) is 14.3 Å².